The van der Waals surface area contributed by atoms with Gasteiger partial charge in [-0.15, -0.1) is 0 Å². The molecule has 1 amide bonds. The Morgan fingerprint density at radius 3 is 2.71 bits per heavy atom. The maximum absolute atomic E-state index is 10.9. The summed E-state index contributed by atoms with van der Waals surface area (Å²) in [6.45, 7) is 2.86. The van der Waals surface area contributed by atoms with Gasteiger partial charge in [-0.05, 0) is 30.2 Å². The van der Waals surface area contributed by atoms with E-state index in [2.05, 4.69) is 6.92 Å². The third-order valence-corrected chi connectivity index (χ3v) is 2.22. The molecule has 1 rings (SSSR count). The number of nitrogens with two attached hydrogens (primary N) is 1. The van der Waals surface area contributed by atoms with Crippen LogP contribution in [0.15, 0.2) is 30.3 Å². The average Bonchev–Trinajstić information content (AvgIpc) is 2.37. The van der Waals surface area contributed by atoms with E-state index in [1.54, 1.807) is 6.08 Å². The molecule has 1 aromatic carbocycles. The summed E-state index contributed by atoms with van der Waals surface area (Å²) in [5, 5.41) is 0. The van der Waals surface area contributed by atoms with Gasteiger partial charge in [0.25, 0.3) is 5.91 Å². The largest absolute Gasteiger partial charge is 0.494 e. The van der Waals surface area contributed by atoms with Crippen LogP contribution in [0.1, 0.15) is 25.3 Å². The van der Waals surface area contributed by atoms with Gasteiger partial charge in [0, 0.05) is 6.08 Å². The van der Waals surface area contributed by atoms with Crippen molar-refractivity contribution in [2.24, 2.45) is 5.84 Å². The molecule has 0 aromatic heterocycles. The van der Waals surface area contributed by atoms with Crippen molar-refractivity contribution in [2.75, 3.05) is 6.61 Å². The van der Waals surface area contributed by atoms with Gasteiger partial charge in [0.1, 0.15) is 5.75 Å². The average molecular weight is 234 g/mol. The summed E-state index contributed by atoms with van der Waals surface area (Å²) in [6, 6.07) is 7.55. The molecule has 0 aliphatic rings. The molecular weight excluding hydrogens is 216 g/mol. The van der Waals surface area contributed by atoms with Crippen molar-refractivity contribution in [2.45, 2.75) is 19.8 Å². The summed E-state index contributed by atoms with van der Waals surface area (Å²) < 4.78 is 5.52. The molecule has 4 nitrogen and oxygen atoms in total. The van der Waals surface area contributed by atoms with Crippen LogP contribution in [0.2, 0.25) is 0 Å². The zero-order chi connectivity index (χ0) is 12.5. The molecule has 17 heavy (non-hydrogen) atoms. The lowest BCUT2D eigenvalue weighted by Crippen LogP contribution is -2.27. The fourth-order valence-electron chi connectivity index (χ4n) is 1.23. The third-order valence-electron chi connectivity index (χ3n) is 2.22. The van der Waals surface area contributed by atoms with E-state index in [0.717, 1.165) is 30.8 Å². The van der Waals surface area contributed by atoms with Crippen molar-refractivity contribution in [1.29, 1.82) is 0 Å². The van der Waals surface area contributed by atoms with Gasteiger partial charge in [-0.2, -0.15) is 0 Å². The van der Waals surface area contributed by atoms with Crippen molar-refractivity contribution in [3.8, 4) is 5.75 Å². The van der Waals surface area contributed by atoms with Gasteiger partial charge in [-0.3, -0.25) is 10.2 Å². The first kappa shape index (κ1) is 13.3. The number of amides is 1. The SMILES string of the molecule is CCCCOc1ccc(C=CC(=O)NN)cc1. The summed E-state index contributed by atoms with van der Waals surface area (Å²) in [5.41, 5.74) is 2.96. The van der Waals surface area contributed by atoms with Gasteiger partial charge >= 0.3 is 0 Å². The molecule has 4 heteroatoms. The molecule has 0 fully saturated rings. The van der Waals surface area contributed by atoms with Crippen LogP contribution in [0, 0.1) is 0 Å². The maximum Gasteiger partial charge on any atom is 0.257 e. The molecule has 0 atom stereocenters. The second-order valence-corrected chi connectivity index (χ2v) is 3.61. The Hall–Kier alpha value is -1.81. The third kappa shape index (κ3) is 5.17. The minimum absolute atomic E-state index is 0.326. The van der Waals surface area contributed by atoms with Crippen LogP contribution in [0.25, 0.3) is 6.08 Å². The predicted octanol–water partition coefficient (Wildman–Crippen LogP) is 1.87. The molecule has 92 valence electrons. The van der Waals surface area contributed by atoms with Crippen LogP contribution in [-0.2, 0) is 4.79 Å². The van der Waals surface area contributed by atoms with Crippen LogP contribution in [0.5, 0.6) is 5.75 Å². The second kappa shape index (κ2) is 7.46. The van der Waals surface area contributed by atoms with Crippen molar-refractivity contribution >= 4 is 12.0 Å². The summed E-state index contributed by atoms with van der Waals surface area (Å²) in [5.74, 6) is 5.48. The number of carbonyl (C=O) groups excluding carboxylic acids is 1. The standard InChI is InChI=1S/C13H18N2O2/c1-2-3-10-17-12-7-4-11(5-8-12)6-9-13(16)15-14/h4-9H,2-3,10,14H2,1H3,(H,15,16). The first-order chi connectivity index (χ1) is 8.26. The van der Waals surface area contributed by atoms with E-state index in [1.165, 1.54) is 6.08 Å². The lowest BCUT2D eigenvalue weighted by atomic mass is 10.2. The molecule has 0 unspecified atom stereocenters. The second-order valence-electron chi connectivity index (χ2n) is 3.61. The Labute approximate surface area is 101 Å². The highest BCUT2D eigenvalue weighted by Gasteiger charge is 1.94. The van der Waals surface area contributed by atoms with Crippen LogP contribution in [0.4, 0.5) is 0 Å². The highest BCUT2D eigenvalue weighted by molar-refractivity contribution is 5.91. The fourth-order valence-corrected chi connectivity index (χ4v) is 1.23. The van der Waals surface area contributed by atoms with Gasteiger partial charge in [0.2, 0.25) is 0 Å². The number of rotatable bonds is 6. The normalized spacial score (nSPS) is 10.5. The smallest absolute Gasteiger partial charge is 0.257 e. The first-order valence-corrected chi connectivity index (χ1v) is 5.67. The number of carbonyl (C=O) groups is 1. The quantitative estimate of drug-likeness (QED) is 0.260. The van der Waals surface area contributed by atoms with Crippen LogP contribution < -0.4 is 16.0 Å². The van der Waals surface area contributed by atoms with Gasteiger partial charge in [0.15, 0.2) is 0 Å². The van der Waals surface area contributed by atoms with Gasteiger partial charge in [-0.25, -0.2) is 5.84 Å². The molecule has 0 radical (unpaired) electrons. The summed E-state index contributed by atoms with van der Waals surface area (Å²) in [4.78, 5) is 10.9. The minimum atomic E-state index is -0.326. The zero-order valence-electron chi connectivity index (χ0n) is 9.98. The van der Waals surface area contributed by atoms with Crippen molar-refractivity contribution < 1.29 is 9.53 Å². The number of benzene rings is 1. The van der Waals surface area contributed by atoms with Gasteiger partial charge in [-0.1, -0.05) is 25.5 Å². The van der Waals surface area contributed by atoms with Crippen LogP contribution >= 0.6 is 0 Å². The van der Waals surface area contributed by atoms with E-state index >= 15 is 0 Å². The molecular formula is C13H18N2O2. The van der Waals surface area contributed by atoms with E-state index in [0.29, 0.717) is 0 Å². The van der Waals surface area contributed by atoms with Crippen molar-refractivity contribution in [3.63, 3.8) is 0 Å². The minimum Gasteiger partial charge on any atom is -0.494 e. The zero-order valence-corrected chi connectivity index (χ0v) is 9.98. The summed E-state index contributed by atoms with van der Waals surface area (Å²) >= 11 is 0. The molecule has 0 aliphatic heterocycles. The van der Waals surface area contributed by atoms with E-state index in [4.69, 9.17) is 10.6 Å². The van der Waals surface area contributed by atoms with Crippen LogP contribution in [-0.4, -0.2) is 12.5 Å². The number of ether oxygens (including phenoxy) is 1. The van der Waals surface area contributed by atoms with Gasteiger partial charge in [0.05, 0.1) is 6.61 Å². The molecule has 0 heterocycles. The van der Waals surface area contributed by atoms with Gasteiger partial charge < -0.3 is 4.74 Å². The number of hydrogen-bond donors (Lipinski definition) is 2. The Morgan fingerprint density at radius 2 is 2.12 bits per heavy atom. The molecule has 0 spiro atoms. The van der Waals surface area contributed by atoms with E-state index in [1.807, 2.05) is 29.7 Å². The predicted molar refractivity (Wildman–Crippen MR) is 68.2 cm³/mol. The van der Waals surface area contributed by atoms with Crippen molar-refractivity contribution in [1.82, 2.24) is 5.43 Å². The van der Waals surface area contributed by atoms with Crippen molar-refractivity contribution in [3.05, 3.63) is 35.9 Å². The molecule has 0 bridgehead atoms. The first-order valence-electron chi connectivity index (χ1n) is 5.67. The topological polar surface area (TPSA) is 64.3 Å². The Bertz CT molecular complexity index is 372. The highest BCUT2D eigenvalue weighted by Crippen LogP contribution is 2.13. The van der Waals surface area contributed by atoms with Crippen LogP contribution in [0.3, 0.4) is 0 Å². The molecule has 0 aliphatic carbocycles. The monoisotopic (exact) mass is 234 g/mol. The van der Waals surface area contributed by atoms with E-state index < -0.39 is 0 Å². The number of hydrogen-bond acceptors (Lipinski definition) is 3. The highest BCUT2D eigenvalue weighted by atomic mass is 16.5. The Morgan fingerprint density at radius 1 is 1.41 bits per heavy atom. The van der Waals surface area contributed by atoms with E-state index in [-0.39, 0.29) is 5.91 Å². The lowest BCUT2D eigenvalue weighted by Gasteiger charge is -2.04. The number of hydrazine groups is 1. The fraction of sp³-hybridized carbons (Fsp3) is 0.308. The summed E-state index contributed by atoms with van der Waals surface area (Å²) in [6.07, 6.45) is 5.25. The number of nitrogens with one attached hydrogen (secondary N) is 1. The molecule has 0 saturated heterocycles. The molecule has 1 aromatic rings. The number of unbranched alkanes of at least 4 members (excludes halogenated alkanes) is 1. The Kier molecular flexibility index (Phi) is 5.82. The molecule has 3 N–H and O–H groups in total. The maximum atomic E-state index is 10.9. The summed E-state index contributed by atoms with van der Waals surface area (Å²) in [7, 11) is 0. The molecule has 0 saturated carbocycles. The Balaban J connectivity index is 2.50. The van der Waals surface area contributed by atoms with E-state index in [9.17, 15) is 4.79 Å². The lowest BCUT2D eigenvalue weighted by molar-refractivity contribution is -0.116.